The van der Waals surface area contributed by atoms with E-state index in [0.29, 0.717) is 23.9 Å². The molecule has 6 nitrogen and oxygen atoms in total. The Morgan fingerprint density at radius 1 is 1.50 bits per heavy atom. The molecule has 1 atom stereocenters. The lowest BCUT2D eigenvalue weighted by Gasteiger charge is -2.18. The Bertz CT molecular complexity index is 460. The maximum atomic E-state index is 8.80. The first-order valence-corrected chi connectivity index (χ1v) is 6.50. The van der Waals surface area contributed by atoms with E-state index in [1.165, 1.54) is 0 Å². The number of amidine groups is 1. The standard InChI is InChI=1S/C14H24N4O2/c1-10(9-18(2)3)16-8-11-5-6-13(20-4)12(7-11)14(15)17-19/h5-7,10,16,19H,8-9H2,1-4H3,(H2,15,17). The fourth-order valence-corrected chi connectivity index (χ4v) is 2.02. The first kappa shape index (κ1) is 16.3. The lowest BCUT2D eigenvalue weighted by molar-refractivity contribution is 0.318. The average Bonchev–Trinajstić information content (AvgIpc) is 2.43. The van der Waals surface area contributed by atoms with Crippen LogP contribution in [0.25, 0.3) is 0 Å². The third-order valence-electron chi connectivity index (χ3n) is 2.94. The monoisotopic (exact) mass is 280 g/mol. The van der Waals surface area contributed by atoms with Gasteiger partial charge in [0.25, 0.3) is 0 Å². The molecular weight excluding hydrogens is 256 g/mol. The predicted molar refractivity (Wildman–Crippen MR) is 80.4 cm³/mol. The number of ether oxygens (including phenoxy) is 1. The Morgan fingerprint density at radius 2 is 2.20 bits per heavy atom. The highest BCUT2D eigenvalue weighted by molar-refractivity contribution is 5.99. The highest BCUT2D eigenvalue weighted by Gasteiger charge is 2.10. The van der Waals surface area contributed by atoms with E-state index in [1.807, 2.05) is 32.3 Å². The summed E-state index contributed by atoms with van der Waals surface area (Å²) in [5, 5.41) is 15.3. The van der Waals surface area contributed by atoms with Crippen LogP contribution in [0.5, 0.6) is 5.75 Å². The second-order valence-corrected chi connectivity index (χ2v) is 5.06. The second kappa shape index (κ2) is 7.72. The van der Waals surface area contributed by atoms with E-state index in [2.05, 4.69) is 22.3 Å². The summed E-state index contributed by atoms with van der Waals surface area (Å²) in [5.41, 5.74) is 7.30. The molecule has 0 heterocycles. The van der Waals surface area contributed by atoms with Gasteiger partial charge in [-0.25, -0.2) is 0 Å². The lowest BCUT2D eigenvalue weighted by Crippen LogP contribution is -2.35. The highest BCUT2D eigenvalue weighted by atomic mass is 16.5. The minimum Gasteiger partial charge on any atom is -0.496 e. The van der Waals surface area contributed by atoms with Crippen LogP contribution in [0.15, 0.2) is 23.4 Å². The molecule has 0 saturated carbocycles. The molecule has 112 valence electrons. The molecule has 0 spiro atoms. The fourth-order valence-electron chi connectivity index (χ4n) is 2.02. The molecule has 0 aliphatic carbocycles. The molecule has 0 aliphatic rings. The molecule has 0 radical (unpaired) electrons. The Hall–Kier alpha value is -1.79. The third-order valence-corrected chi connectivity index (χ3v) is 2.94. The Balaban J connectivity index is 2.77. The van der Waals surface area contributed by atoms with Gasteiger partial charge < -0.3 is 25.9 Å². The molecule has 1 aromatic carbocycles. The van der Waals surface area contributed by atoms with Crippen molar-refractivity contribution in [3.63, 3.8) is 0 Å². The molecule has 1 rings (SSSR count). The van der Waals surface area contributed by atoms with Gasteiger partial charge in [-0.1, -0.05) is 11.2 Å². The number of rotatable bonds is 7. The van der Waals surface area contributed by atoms with Gasteiger partial charge >= 0.3 is 0 Å². The summed E-state index contributed by atoms with van der Waals surface area (Å²) in [6.07, 6.45) is 0. The normalized spacial score (nSPS) is 13.6. The van der Waals surface area contributed by atoms with Gasteiger partial charge in [0.05, 0.1) is 12.7 Å². The maximum Gasteiger partial charge on any atom is 0.173 e. The molecule has 0 bridgehead atoms. The van der Waals surface area contributed by atoms with Crippen LogP contribution < -0.4 is 15.8 Å². The van der Waals surface area contributed by atoms with E-state index >= 15 is 0 Å². The van der Waals surface area contributed by atoms with Crippen molar-refractivity contribution in [1.82, 2.24) is 10.2 Å². The largest absolute Gasteiger partial charge is 0.496 e. The van der Waals surface area contributed by atoms with Crippen LogP contribution in [-0.4, -0.2) is 49.7 Å². The zero-order chi connectivity index (χ0) is 15.1. The summed E-state index contributed by atoms with van der Waals surface area (Å²) >= 11 is 0. The van der Waals surface area contributed by atoms with Crippen molar-refractivity contribution >= 4 is 5.84 Å². The predicted octanol–water partition coefficient (Wildman–Crippen LogP) is 0.829. The molecule has 6 heteroatoms. The summed E-state index contributed by atoms with van der Waals surface area (Å²) in [6.45, 7) is 3.81. The molecule has 0 saturated heterocycles. The molecule has 0 aliphatic heterocycles. The van der Waals surface area contributed by atoms with Gasteiger partial charge in [-0.2, -0.15) is 0 Å². The maximum absolute atomic E-state index is 8.80. The summed E-state index contributed by atoms with van der Waals surface area (Å²) in [4.78, 5) is 2.13. The van der Waals surface area contributed by atoms with Gasteiger partial charge in [0.2, 0.25) is 0 Å². The summed E-state index contributed by atoms with van der Waals surface area (Å²) in [6, 6.07) is 6.02. The van der Waals surface area contributed by atoms with Crippen molar-refractivity contribution in [2.24, 2.45) is 10.9 Å². The Kier molecular flexibility index (Phi) is 6.27. The molecule has 0 aromatic heterocycles. The molecule has 1 aromatic rings. The molecule has 0 fully saturated rings. The minimum absolute atomic E-state index is 0.0463. The average molecular weight is 280 g/mol. The van der Waals surface area contributed by atoms with E-state index in [1.54, 1.807) is 7.11 Å². The first-order chi connectivity index (χ1) is 9.47. The van der Waals surface area contributed by atoms with E-state index in [-0.39, 0.29) is 5.84 Å². The minimum atomic E-state index is 0.0463. The summed E-state index contributed by atoms with van der Waals surface area (Å²) < 4.78 is 5.20. The molecular formula is C14H24N4O2. The number of hydrogen-bond donors (Lipinski definition) is 3. The third kappa shape index (κ3) is 4.71. The number of oxime groups is 1. The smallest absolute Gasteiger partial charge is 0.173 e. The van der Waals surface area contributed by atoms with Crippen LogP contribution in [0.2, 0.25) is 0 Å². The summed E-state index contributed by atoms with van der Waals surface area (Å²) in [7, 11) is 5.64. The van der Waals surface area contributed by atoms with Crippen LogP contribution in [0, 0.1) is 0 Å². The number of methoxy groups -OCH3 is 1. The summed E-state index contributed by atoms with van der Waals surface area (Å²) in [5.74, 6) is 0.635. The fraction of sp³-hybridized carbons (Fsp3) is 0.500. The van der Waals surface area contributed by atoms with Gasteiger partial charge in [-0.05, 0) is 38.7 Å². The number of benzene rings is 1. The van der Waals surface area contributed by atoms with Crippen LogP contribution >= 0.6 is 0 Å². The van der Waals surface area contributed by atoms with E-state index in [4.69, 9.17) is 15.7 Å². The number of nitrogens with one attached hydrogen (secondary N) is 1. The van der Waals surface area contributed by atoms with Gasteiger partial charge in [-0.3, -0.25) is 0 Å². The van der Waals surface area contributed by atoms with Gasteiger partial charge in [-0.15, -0.1) is 0 Å². The molecule has 20 heavy (non-hydrogen) atoms. The molecule has 1 unspecified atom stereocenters. The van der Waals surface area contributed by atoms with Crippen molar-refractivity contribution in [2.45, 2.75) is 19.5 Å². The Labute approximate surface area is 120 Å². The number of nitrogens with zero attached hydrogens (tertiary/aromatic N) is 2. The van der Waals surface area contributed by atoms with Crippen LogP contribution in [0.4, 0.5) is 0 Å². The second-order valence-electron chi connectivity index (χ2n) is 5.06. The Morgan fingerprint density at radius 3 is 2.75 bits per heavy atom. The number of nitrogens with two attached hydrogens (primary N) is 1. The van der Waals surface area contributed by atoms with Crippen molar-refractivity contribution in [3.8, 4) is 5.75 Å². The first-order valence-electron chi connectivity index (χ1n) is 6.50. The number of likely N-dealkylation sites (N-methyl/N-ethyl adjacent to an activating group) is 1. The van der Waals surface area contributed by atoms with Gasteiger partial charge in [0.1, 0.15) is 5.75 Å². The van der Waals surface area contributed by atoms with E-state index < -0.39 is 0 Å². The van der Waals surface area contributed by atoms with Crippen LogP contribution in [0.1, 0.15) is 18.1 Å². The van der Waals surface area contributed by atoms with Gasteiger partial charge in [0.15, 0.2) is 5.84 Å². The number of hydrogen-bond acceptors (Lipinski definition) is 5. The van der Waals surface area contributed by atoms with E-state index in [0.717, 1.165) is 12.1 Å². The zero-order valence-electron chi connectivity index (χ0n) is 12.6. The molecule has 4 N–H and O–H groups in total. The van der Waals surface area contributed by atoms with E-state index in [9.17, 15) is 0 Å². The van der Waals surface area contributed by atoms with Crippen molar-refractivity contribution in [3.05, 3.63) is 29.3 Å². The SMILES string of the molecule is COc1ccc(CNC(C)CN(C)C)cc1/C(N)=N/O. The van der Waals surface area contributed by atoms with Crippen LogP contribution in [-0.2, 0) is 6.54 Å². The lowest BCUT2D eigenvalue weighted by atomic mass is 10.1. The topological polar surface area (TPSA) is 83.1 Å². The van der Waals surface area contributed by atoms with Crippen molar-refractivity contribution < 1.29 is 9.94 Å². The van der Waals surface area contributed by atoms with Crippen LogP contribution in [0.3, 0.4) is 0 Å². The highest BCUT2D eigenvalue weighted by Crippen LogP contribution is 2.19. The van der Waals surface area contributed by atoms with Crippen molar-refractivity contribution in [1.29, 1.82) is 0 Å². The van der Waals surface area contributed by atoms with Crippen molar-refractivity contribution in [2.75, 3.05) is 27.7 Å². The quantitative estimate of drug-likeness (QED) is 0.298. The van der Waals surface area contributed by atoms with Gasteiger partial charge in [0, 0.05) is 19.1 Å². The molecule has 0 amide bonds. The zero-order valence-corrected chi connectivity index (χ0v) is 12.6.